The van der Waals surface area contributed by atoms with E-state index < -0.39 is 0 Å². The van der Waals surface area contributed by atoms with Crippen molar-refractivity contribution in [3.05, 3.63) is 51.4 Å². The molecule has 3 nitrogen and oxygen atoms in total. The highest BCUT2D eigenvalue weighted by molar-refractivity contribution is 7.09. The summed E-state index contributed by atoms with van der Waals surface area (Å²) in [7, 11) is 0. The summed E-state index contributed by atoms with van der Waals surface area (Å²) in [6, 6.07) is 7.54. The second kappa shape index (κ2) is 7.41. The molecule has 20 heavy (non-hydrogen) atoms. The predicted octanol–water partition coefficient (Wildman–Crippen LogP) is 4.00. The Morgan fingerprint density at radius 3 is 2.80 bits per heavy atom. The SMILES string of the molecule is C[C@H](NC(=O)CCCc1nccs1)c1ccc(Cl)cc1. The Morgan fingerprint density at radius 1 is 1.40 bits per heavy atom. The van der Waals surface area contributed by atoms with Gasteiger partial charge >= 0.3 is 0 Å². The van der Waals surface area contributed by atoms with Gasteiger partial charge in [0, 0.05) is 23.0 Å². The zero-order valence-corrected chi connectivity index (χ0v) is 12.9. The molecule has 5 heteroatoms. The van der Waals surface area contributed by atoms with Gasteiger partial charge in [0.15, 0.2) is 0 Å². The Labute approximate surface area is 128 Å². The van der Waals surface area contributed by atoms with Crippen LogP contribution >= 0.6 is 22.9 Å². The summed E-state index contributed by atoms with van der Waals surface area (Å²) in [6.45, 7) is 1.97. The van der Waals surface area contributed by atoms with Gasteiger partial charge in [0.25, 0.3) is 0 Å². The lowest BCUT2D eigenvalue weighted by Gasteiger charge is -2.14. The summed E-state index contributed by atoms with van der Waals surface area (Å²) in [4.78, 5) is 16.1. The van der Waals surface area contributed by atoms with Gasteiger partial charge in [0.2, 0.25) is 5.91 Å². The number of amides is 1. The number of nitrogens with one attached hydrogen (secondary N) is 1. The zero-order valence-electron chi connectivity index (χ0n) is 11.3. The highest BCUT2D eigenvalue weighted by Gasteiger charge is 2.09. The Hall–Kier alpha value is -1.39. The van der Waals surface area contributed by atoms with E-state index in [1.165, 1.54) is 0 Å². The van der Waals surface area contributed by atoms with Gasteiger partial charge in [0.05, 0.1) is 11.0 Å². The normalized spacial score (nSPS) is 12.1. The minimum Gasteiger partial charge on any atom is -0.350 e. The summed E-state index contributed by atoms with van der Waals surface area (Å²) in [6.07, 6.45) is 4.01. The molecular weight excluding hydrogens is 292 g/mol. The van der Waals surface area contributed by atoms with Gasteiger partial charge in [-0.05, 0) is 37.5 Å². The van der Waals surface area contributed by atoms with Crippen molar-refractivity contribution in [1.82, 2.24) is 10.3 Å². The number of aromatic nitrogens is 1. The van der Waals surface area contributed by atoms with Crippen molar-refractivity contribution in [1.29, 1.82) is 0 Å². The summed E-state index contributed by atoms with van der Waals surface area (Å²) in [5.74, 6) is 0.0732. The molecule has 0 spiro atoms. The van der Waals surface area contributed by atoms with Crippen molar-refractivity contribution in [2.24, 2.45) is 0 Å². The molecule has 0 aliphatic carbocycles. The summed E-state index contributed by atoms with van der Waals surface area (Å²) < 4.78 is 0. The van der Waals surface area contributed by atoms with Crippen molar-refractivity contribution < 1.29 is 4.79 Å². The van der Waals surface area contributed by atoms with Gasteiger partial charge in [-0.15, -0.1) is 11.3 Å². The molecule has 0 unspecified atom stereocenters. The molecule has 0 fully saturated rings. The Morgan fingerprint density at radius 2 is 2.15 bits per heavy atom. The van der Waals surface area contributed by atoms with Crippen LogP contribution < -0.4 is 5.32 Å². The molecule has 0 bridgehead atoms. The number of carbonyl (C=O) groups is 1. The van der Waals surface area contributed by atoms with Crippen molar-refractivity contribution in [2.75, 3.05) is 0 Å². The lowest BCUT2D eigenvalue weighted by molar-refractivity contribution is -0.121. The molecule has 1 aromatic carbocycles. The molecule has 1 aromatic heterocycles. The number of benzene rings is 1. The maximum atomic E-state index is 11.9. The van der Waals surface area contributed by atoms with Crippen LogP contribution in [-0.2, 0) is 11.2 Å². The van der Waals surface area contributed by atoms with Crippen LogP contribution in [0.2, 0.25) is 5.02 Å². The van der Waals surface area contributed by atoms with Crippen LogP contribution in [0.25, 0.3) is 0 Å². The van der Waals surface area contributed by atoms with Gasteiger partial charge in [-0.3, -0.25) is 4.79 Å². The van der Waals surface area contributed by atoms with Gasteiger partial charge in [-0.1, -0.05) is 23.7 Å². The van der Waals surface area contributed by atoms with Gasteiger partial charge < -0.3 is 5.32 Å². The fourth-order valence-corrected chi connectivity index (χ4v) is 2.71. The molecule has 2 aromatic rings. The molecule has 1 amide bonds. The molecule has 1 N–H and O–H groups in total. The number of aryl methyl sites for hydroxylation is 1. The van der Waals surface area contributed by atoms with E-state index in [1.54, 1.807) is 17.5 Å². The fourth-order valence-electron chi connectivity index (χ4n) is 1.93. The second-order valence-electron chi connectivity index (χ2n) is 4.62. The highest BCUT2D eigenvalue weighted by atomic mass is 35.5. The van der Waals surface area contributed by atoms with E-state index in [1.807, 2.05) is 36.6 Å². The maximum absolute atomic E-state index is 11.9. The molecule has 0 aliphatic rings. The molecule has 0 saturated heterocycles. The summed E-state index contributed by atoms with van der Waals surface area (Å²) >= 11 is 7.48. The molecule has 1 atom stereocenters. The molecular formula is C15H17ClN2OS. The van der Waals surface area contributed by atoms with Crippen molar-refractivity contribution in [2.45, 2.75) is 32.2 Å². The first-order valence-corrected chi connectivity index (χ1v) is 7.84. The third kappa shape index (κ3) is 4.62. The van der Waals surface area contributed by atoms with E-state index in [0.29, 0.717) is 11.4 Å². The number of thiazole rings is 1. The number of hydrogen-bond acceptors (Lipinski definition) is 3. The lowest BCUT2D eigenvalue weighted by Crippen LogP contribution is -2.26. The quantitative estimate of drug-likeness (QED) is 0.876. The molecule has 0 aliphatic heterocycles. The third-order valence-electron chi connectivity index (χ3n) is 3.03. The monoisotopic (exact) mass is 308 g/mol. The minimum atomic E-state index is -0.000343. The number of rotatable bonds is 6. The van der Waals surface area contributed by atoms with E-state index in [2.05, 4.69) is 10.3 Å². The Balaban J connectivity index is 1.74. The van der Waals surface area contributed by atoms with E-state index in [4.69, 9.17) is 11.6 Å². The minimum absolute atomic E-state index is 0.000343. The molecule has 0 radical (unpaired) electrons. The molecule has 106 valence electrons. The summed E-state index contributed by atoms with van der Waals surface area (Å²) in [5.41, 5.74) is 1.06. The Kier molecular flexibility index (Phi) is 5.56. The van der Waals surface area contributed by atoms with Crippen LogP contribution in [0.4, 0.5) is 0 Å². The average molecular weight is 309 g/mol. The van der Waals surface area contributed by atoms with Crippen LogP contribution in [0.1, 0.15) is 36.4 Å². The van der Waals surface area contributed by atoms with Crippen LogP contribution in [0.15, 0.2) is 35.8 Å². The molecule has 0 saturated carbocycles. The number of hydrogen-bond donors (Lipinski definition) is 1. The summed E-state index contributed by atoms with van der Waals surface area (Å²) in [5, 5.41) is 6.74. The van der Waals surface area contributed by atoms with Crippen molar-refractivity contribution in [3.63, 3.8) is 0 Å². The smallest absolute Gasteiger partial charge is 0.220 e. The van der Waals surface area contributed by atoms with Gasteiger partial charge in [-0.25, -0.2) is 4.98 Å². The first kappa shape index (κ1) is 15.0. The van der Waals surface area contributed by atoms with Crippen LogP contribution in [-0.4, -0.2) is 10.9 Å². The van der Waals surface area contributed by atoms with Crippen molar-refractivity contribution in [3.8, 4) is 0 Å². The van der Waals surface area contributed by atoms with E-state index in [-0.39, 0.29) is 11.9 Å². The number of carbonyl (C=O) groups excluding carboxylic acids is 1. The highest BCUT2D eigenvalue weighted by Crippen LogP contribution is 2.16. The molecule has 2 rings (SSSR count). The number of halogens is 1. The zero-order chi connectivity index (χ0) is 14.4. The van der Waals surface area contributed by atoms with Gasteiger partial charge in [-0.2, -0.15) is 0 Å². The molecule has 1 heterocycles. The topological polar surface area (TPSA) is 42.0 Å². The standard InChI is InChI=1S/C15H17ClN2OS/c1-11(12-5-7-13(16)8-6-12)18-14(19)3-2-4-15-17-9-10-20-15/h5-11H,2-4H2,1H3,(H,18,19)/t11-/m0/s1. The van der Waals surface area contributed by atoms with E-state index in [9.17, 15) is 4.79 Å². The van der Waals surface area contributed by atoms with E-state index >= 15 is 0 Å². The largest absolute Gasteiger partial charge is 0.350 e. The lowest BCUT2D eigenvalue weighted by atomic mass is 10.1. The van der Waals surface area contributed by atoms with Crippen LogP contribution in [0, 0.1) is 0 Å². The average Bonchev–Trinajstić information content (AvgIpc) is 2.92. The van der Waals surface area contributed by atoms with Crippen molar-refractivity contribution >= 4 is 28.8 Å². The van der Waals surface area contributed by atoms with Crippen LogP contribution in [0.3, 0.4) is 0 Å². The maximum Gasteiger partial charge on any atom is 0.220 e. The first-order valence-electron chi connectivity index (χ1n) is 6.58. The van der Waals surface area contributed by atoms with Crippen LogP contribution in [0.5, 0.6) is 0 Å². The fraction of sp³-hybridized carbons (Fsp3) is 0.333. The Bertz CT molecular complexity index is 540. The first-order chi connectivity index (χ1) is 9.65. The second-order valence-corrected chi connectivity index (χ2v) is 6.04. The van der Waals surface area contributed by atoms with E-state index in [0.717, 1.165) is 23.4 Å². The third-order valence-corrected chi connectivity index (χ3v) is 4.12. The van der Waals surface area contributed by atoms with Gasteiger partial charge in [0.1, 0.15) is 0 Å². The number of nitrogens with zero attached hydrogens (tertiary/aromatic N) is 1. The predicted molar refractivity (Wildman–Crippen MR) is 83.1 cm³/mol.